The molecule has 1 aromatic carbocycles. The van der Waals surface area contributed by atoms with E-state index in [9.17, 15) is 0 Å². The van der Waals surface area contributed by atoms with Gasteiger partial charge in [-0.3, -0.25) is 4.99 Å². The van der Waals surface area contributed by atoms with E-state index in [1.807, 2.05) is 0 Å². The summed E-state index contributed by atoms with van der Waals surface area (Å²) in [6.07, 6.45) is 6.46. The average Bonchev–Trinajstić information content (AvgIpc) is 3.06. The predicted octanol–water partition coefficient (Wildman–Crippen LogP) is 3.46. The van der Waals surface area contributed by atoms with Crippen molar-refractivity contribution in [2.75, 3.05) is 26.2 Å². The SMILES string of the molecule is CCNC(=NCC1(c2ccccc2)CCC1)NCC1CCCO1.I. The minimum absolute atomic E-state index is 0. The van der Waals surface area contributed by atoms with E-state index in [0.29, 0.717) is 6.10 Å². The molecule has 0 amide bonds. The van der Waals surface area contributed by atoms with Crippen molar-refractivity contribution < 1.29 is 4.74 Å². The van der Waals surface area contributed by atoms with Crippen molar-refractivity contribution in [2.45, 2.75) is 50.5 Å². The molecule has 5 heteroatoms. The van der Waals surface area contributed by atoms with Gasteiger partial charge in [-0.15, -0.1) is 24.0 Å². The maximum Gasteiger partial charge on any atom is 0.191 e. The first-order valence-corrected chi connectivity index (χ1v) is 9.02. The van der Waals surface area contributed by atoms with Crippen LogP contribution in [-0.4, -0.2) is 38.3 Å². The highest BCUT2D eigenvalue weighted by molar-refractivity contribution is 14.0. The summed E-state index contributed by atoms with van der Waals surface area (Å²) in [5.41, 5.74) is 1.68. The fourth-order valence-corrected chi connectivity index (χ4v) is 3.52. The Balaban J connectivity index is 0.00000208. The van der Waals surface area contributed by atoms with Crippen molar-refractivity contribution in [3.63, 3.8) is 0 Å². The summed E-state index contributed by atoms with van der Waals surface area (Å²) in [4.78, 5) is 4.88. The van der Waals surface area contributed by atoms with E-state index in [2.05, 4.69) is 47.9 Å². The molecule has 2 N–H and O–H groups in total. The number of hydrogen-bond donors (Lipinski definition) is 2. The highest BCUT2D eigenvalue weighted by Crippen LogP contribution is 2.43. The van der Waals surface area contributed by atoms with Gasteiger partial charge in [0.2, 0.25) is 0 Å². The summed E-state index contributed by atoms with van der Waals surface area (Å²) in [5.74, 6) is 0.921. The molecule has 0 spiro atoms. The highest BCUT2D eigenvalue weighted by atomic mass is 127. The van der Waals surface area contributed by atoms with Crippen LogP contribution in [0.4, 0.5) is 0 Å². The zero-order valence-corrected chi connectivity index (χ0v) is 16.9. The van der Waals surface area contributed by atoms with E-state index in [0.717, 1.165) is 38.6 Å². The number of nitrogens with one attached hydrogen (secondary N) is 2. The van der Waals surface area contributed by atoms with Crippen LogP contribution in [0.1, 0.15) is 44.6 Å². The lowest BCUT2D eigenvalue weighted by Crippen LogP contribution is -2.43. The largest absolute Gasteiger partial charge is 0.376 e. The third kappa shape index (κ3) is 4.85. The predicted molar refractivity (Wildman–Crippen MR) is 110 cm³/mol. The number of halogens is 1. The first kappa shape index (κ1) is 19.5. The van der Waals surface area contributed by atoms with Crippen molar-refractivity contribution in [1.82, 2.24) is 10.6 Å². The Bertz CT molecular complexity index is 511. The Morgan fingerprint density at radius 2 is 2.00 bits per heavy atom. The molecule has 1 atom stereocenters. The summed E-state index contributed by atoms with van der Waals surface area (Å²) in [6.45, 7) is 5.61. The molecule has 2 aliphatic rings. The van der Waals surface area contributed by atoms with Crippen LogP contribution >= 0.6 is 24.0 Å². The second-order valence-corrected chi connectivity index (χ2v) is 6.71. The molecule has 2 fully saturated rings. The van der Waals surface area contributed by atoms with E-state index in [4.69, 9.17) is 9.73 Å². The van der Waals surface area contributed by atoms with E-state index < -0.39 is 0 Å². The number of rotatable bonds is 6. The number of hydrogen-bond acceptors (Lipinski definition) is 2. The van der Waals surface area contributed by atoms with Crippen molar-refractivity contribution >= 4 is 29.9 Å². The minimum atomic E-state index is 0. The van der Waals surface area contributed by atoms with Crippen molar-refractivity contribution in [3.05, 3.63) is 35.9 Å². The monoisotopic (exact) mass is 443 g/mol. The van der Waals surface area contributed by atoms with Crippen LogP contribution in [0, 0.1) is 0 Å². The Morgan fingerprint density at radius 1 is 1.21 bits per heavy atom. The van der Waals surface area contributed by atoms with Crippen LogP contribution < -0.4 is 10.6 Å². The molecular formula is C19H30IN3O. The Kier molecular flexibility index (Phi) is 7.81. The third-order valence-corrected chi connectivity index (χ3v) is 5.10. The molecule has 1 aliphatic heterocycles. The van der Waals surface area contributed by atoms with Crippen LogP contribution in [0.3, 0.4) is 0 Å². The second-order valence-electron chi connectivity index (χ2n) is 6.71. The average molecular weight is 443 g/mol. The van der Waals surface area contributed by atoms with Crippen molar-refractivity contribution in [3.8, 4) is 0 Å². The summed E-state index contributed by atoms with van der Waals surface area (Å²) in [6, 6.07) is 10.9. The van der Waals surface area contributed by atoms with Crippen LogP contribution in [-0.2, 0) is 10.2 Å². The fourth-order valence-electron chi connectivity index (χ4n) is 3.52. The van der Waals surface area contributed by atoms with Crippen molar-refractivity contribution in [1.29, 1.82) is 0 Å². The smallest absolute Gasteiger partial charge is 0.191 e. The van der Waals surface area contributed by atoms with E-state index in [-0.39, 0.29) is 29.4 Å². The molecule has 1 heterocycles. The van der Waals surface area contributed by atoms with Crippen LogP contribution in [0.25, 0.3) is 0 Å². The molecule has 1 aromatic rings. The van der Waals surface area contributed by atoms with Gasteiger partial charge in [-0.2, -0.15) is 0 Å². The van der Waals surface area contributed by atoms with Gasteiger partial charge in [-0.05, 0) is 38.2 Å². The second kappa shape index (κ2) is 9.61. The number of ether oxygens (including phenoxy) is 1. The maximum absolute atomic E-state index is 5.68. The number of nitrogens with zero attached hydrogens (tertiary/aromatic N) is 1. The normalized spacial score (nSPS) is 22.4. The molecule has 0 aromatic heterocycles. The number of aliphatic imine (C=N–C) groups is 1. The van der Waals surface area contributed by atoms with Gasteiger partial charge in [0.25, 0.3) is 0 Å². The quantitative estimate of drug-likeness (QED) is 0.402. The molecule has 1 saturated heterocycles. The van der Waals surface area contributed by atoms with Gasteiger partial charge >= 0.3 is 0 Å². The van der Waals surface area contributed by atoms with Gasteiger partial charge in [-0.25, -0.2) is 0 Å². The summed E-state index contributed by atoms with van der Waals surface area (Å²) < 4.78 is 5.68. The molecule has 1 aliphatic carbocycles. The first-order chi connectivity index (χ1) is 11.3. The molecule has 24 heavy (non-hydrogen) atoms. The first-order valence-electron chi connectivity index (χ1n) is 9.02. The zero-order valence-electron chi connectivity index (χ0n) is 14.6. The van der Waals surface area contributed by atoms with Crippen molar-refractivity contribution in [2.24, 2.45) is 4.99 Å². The summed E-state index contributed by atoms with van der Waals surface area (Å²) in [7, 11) is 0. The lowest BCUT2D eigenvalue weighted by Gasteiger charge is -2.41. The molecule has 134 valence electrons. The maximum atomic E-state index is 5.68. The topological polar surface area (TPSA) is 45.7 Å². The van der Waals surface area contributed by atoms with E-state index in [1.54, 1.807) is 0 Å². The van der Waals surface area contributed by atoms with Gasteiger partial charge in [0.05, 0.1) is 12.6 Å². The highest BCUT2D eigenvalue weighted by Gasteiger charge is 2.38. The molecule has 1 unspecified atom stereocenters. The van der Waals surface area contributed by atoms with Gasteiger partial charge in [0, 0.05) is 25.1 Å². The lowest BCUT2D eigenvalue weighted by molar-refractivity contribution is 0.113. The Labute approximate surface area is 162 Å². The van der Waals surface area contributed by atoms with Crippen LogP contribution in [0.15, 0.2) is 35.3 Å². The van der Waals surface area contributed by atoms with Gasteiger partial charge < -0.3 is 15.4 Å². The molecule has 0 radical (unpaired) electrons. The lowest BCUT2D eigenvalue weighted by atomic mass is 9.64. The Hall–Kier alpha value is -0.820. The van der Waals surface area contributed by atoms with E-state index in [1.165, 1.54) is 31.2 Å². The van der Waals surface area contributed by atoms with Gasteiger partial charge in [-0.1, -0.05) is 36.8 Å². The van der Waals surface area contributed by atoms with Gasteiger partial charge in [0.1, 0.15) is 0 Å². The summed E-state index contributed by atoms with van der Waals surface area (Å²) >= 11 is 0. The van der Waals surface area contributed by atoms with Crippen LogP contribution in [0.2, 0.25) is 0 Å². The summed E-state index contributed by atoms with van der Waals surface area (Å²) in [5, 5.41) is 6.81. The molecule has 4 nitrogen and oxygen atoms in total. The standard InChI is InChI=1S/C19H29N3O.HI/c1-2-20-18(21-14-17-10-6-13-23-17)22-15-19(11-7-12-19)16-8-4-3-5-9-16;/h3-5,8-9,17H,2,6-7,10-15H2,1H3,(H2,20,21,22);1H. The molecule has 1 saturated carbocycles. The number of benzene rings is 1. The Morgan fingerprint density at radius 3 is 2.58 bits per heavy atom. The number of guanidine groups is 1. The van der Waals surface area contributed by atoms with Gasteiger partial charge in [0.15, 0.2) is 5.96 Å². The molecular weight excluding hydrogens is 413 g/mol. The third-order valence-electron chi connectivity index (χ3n) is 5.10. The molecule has 0 bridgehead atoms. The fraction of sp³-hybridized carbons (Fsp3) is 0.632. The van der Waals surface area contributed by atoms with E-state index >= 15 is 0 Å². The molecule has 3 rings (SSSR count). The minimum Gasteiger partial charge on any atom is -0.376 e. The van der Waals surface area contributed by atoms with Crippen LogP contribution in [0.5, 0.6) is 0 Å². The zero-order chi connectivity index (χ0) is 16.0.